The molecule has 0 bridgehead atoms. The first-order valence-electron chi connectivity index (χ1n) is 6.87. The first-order chi connectivity index (χ1) is 9.04. The number of benzene rings is 1. The topological polar surface area (TPSA) is 49.4 Å². The van der Waals surface area contributed by atoms with E-state index in [0.29, 0.717) is 12.6 Å². The fourth-order valence-electron chi connectivity index (χ4n) is 2.54. The summed E-state index contributed by atoms with van der Waals surface area (Å²) in [5, 5.41) is 3.45. The lowest BCUT2D eigenvalue weighted by atomic mass is 10.1. The highest BCUT2D eigenvalue weighted by molar-refractivity contribution is 7.93. The van der Waals surface area contributed by atoms with Crippen LogP contribution in [0.15, 0.2) is 24.3 Å². The number of sulfonamides is 1. The van der Waals surface area contributed by atoms with Crippen LogP contribution in [-0.2, 0) is 16.6 Å². The Labute approximate surface area is 114 Å². The minimum atomic E-state index is -3.11. The Morgan fingerprint density at radius 3 is 2.79 bits per heavy atom. The minimum Gasteiger partial charge on any atom is -0.310 e. The number of nitrogens with zero attached hydrogens (tertiary/aromatic N) is 1. The van der Waals surface area contributed by atoms with Crippen LogP contribution in [0.25, 0.3) is 0 Å². The SMILES string of the molecule is CC1CN(c2cccc(CNC3CC3)c2)S(=O)(=O)C1. The van der Waals surface area contributed by atoms with Crippen LogP contribution in [0, 0.1) is 5.92 Å². The van der Waals surface area contributed by atoms with Crippen molar-refractivity contribution < 1.29 is 8.42 Å². The average molecular weight is 280 g/mol. The number of hydrogen-bond donors (Lipinski definition) is 1. The zero-order valence-electron chi connectivity index (χ0n) is 11.2. The van der Waals surface area contributed by atoms with Crippen molar-refractivity contribution in [2.45, 2.75) is 32.4 Å². The Bertz CT molecular complexity index is 567. The molecule has 1 N–H and O–H groups in total. The third kappa shape index (κ3) is 2.92. The molecule has 1 unspecified atom stereocenters. The van der Waals surface area contributed by atoms with Gasteiger partial charge >= 0.3 is 0 Å². The molecule has 2 aliphatic rings. The quantitative estimate of drug-likeness (QED) is 0.913. The van der Waals surface area contributed by atoms with E-state index in [-0.39, 0.29) is 11.7 Å². The molecule has 1 saturated carbocycles. The predicted molar refractivity (Wildman–Crippen MR) is 76.6 cm³/mol. The summed E-state index contributed by atoms with van der Waals surface area (Å²) in [4.78, 5) is 0. The first kappa shape index (κ1) is 12.9. The molecule has 0 radical (unpaired) electrons. The van der Waals surface area contributed by atoms with E-state index in [1.807, 2.05) is 31.2 Å². The van der Waals surface area contributed by atoms with Gasteiger partial charge in [0, 0.05) is 19.1 Å². The molecule has 1 aliphatic carbocycles. The van der Waals surface area contributed by atoms with Crippen LogP contribution in [0.4, 0.5) is 5.69 Å². The molecule has 4 nitrogen and oxygen atoms in total. The fraction of sp³-hybridized carbons (Fsp3) is 0.571. The fourth-order valence-corrected chi connectivity index (χ4v) is 4.46. The van der Waals surface area contributed by atoms with E-state index in [9.17, 15) is 8.42 Å². The van der Waals surface area contributed by atoms with E-state index >= 15 is 0 Å². The average Bonchev–Trinajstić information content (AvgIpc) is 3.13. The lowest BCUT2D eigenvalue weighted by molar-refractivity contribution is 0.598. The van der Waals surface area contributed by atoms with Gasteiger partial charge in [-0.05, 0) is 36.5 Å². The summed E-state index contributed by atoms with van der Waals surface area (Å²) in [6.07, 6.45) is 2.52. The normalized spacial score (nSPS) is 25.7. The van der Waals surface area contributed by atoms with Crippen LogP contribution in [0.5, 0.6) is 0 Å². The Hall–Kier alpha value is -1.07. The summed E-state index contributed by atoms with van der Waals surface area (Å²) in [6, 6.07) is 8.53. The van der Waals surface area contributed by atoms with Crippen molar-refractivity contribution in [1.82, 2.24) is 5.32 Å². The molecule has 2 fully saturated rings. The van der Waals surface area contributed by atoms with Crippen molar-refractivity contribution in [3.63, 3.8) is 0 Å². The second kappa shape index (κ2) is 4.80. The van der Waals surface area contributed by atoms with E-state index in [0.717, 1.165) is 17.8 Å². The summed E-state index contributed by atoms with van der Waals surface area (Å²) >= 11 is 0. The molecular weight excluding hydrogens is 260 g/mol. The lowest BCUT2D eigenvalue weighted by Crippen LogP contribution is -2.25. The van der Waals surface area contributed by atoms with E-state index < -0.39 is 10.0 Å². The Morgan fingerprint density at radius 2 is 2.16 bits per heavy atom. The molecular formula is C14H20N2O2S. The smallest absolute Gasteiger partial charge is 0.235 e. The third-order valence-electron chi connectivity index (χ3n) is 3.68. The predicted octanol–water partition coefficient (Wildman–Crippen LogP) is 1.72. The zero-order chi connectivity index (χ0) is 13.5. The molecule has 1 aromatic carbocycles. The molecule has 5 heteroatoms. The van der Waals surface area contributed by atoms with Gasteiger partial charge < -0.3 is 5.32 Å². The standard InChI is InChI=1S/C14H20N2O2S/c1-11-9-16(19(17,18)10-11)14-4-2-3-12(7-14)8-15-13-5-6-13/h2-4,7,11,13,15H,5-6,8-10H2,1H3. The van der Waals surface area contributed by atoms with Crippen molar-refractivity contribution in [2.75, 3.05) is 16.6 Å². The highest BCUT2D eigenvalue weighted by atomic mass is 32.2. The van der Waals surface area contributed by atoms with Gasteiger partial charge in [0.25, 0.3) is 0 Å². The summed E-state index contributed by atoms with van der Waals surface area (Å²) < 4.78 is 25.7. The number of nitrogens with one attached hydrogen (secondary N) is 1. The Kier molecular flexibility index (Phi) is 3.27. The summed E-state index contributed by atoms with van der Waals surface area (Å²) in [7, 11) is -3.11. The first-order valence-corrected chi connectivity index (χ1v) is 8.48. The highest BCUT2D eigenvalue weighted by Gasteiger charge is 2.33. The van der Waals surface area contributed by atoms with E-state index in [2.05, 4.69) is 5.32 Å². The van der Waals surface area contributed by atoms with Crippen molar-refractivity contribution in [2.24, 2.45) is 5.92 Å². The van der Waals surface area contributed by atoms with Gasteiger partial charge in [-0.2, -0.15) is 0 Å². The molecule has 3 rings (SSSR count). The molecule has 0 aromatic heterocycles. The maximum atomic E-state index is 12.1. The van der Waals surface area contributed by atoms with Crippen LogP contribution in [0.3, 0.4) is 0 Å². The maximum Gasteiger partial charge on any atom is 0.235 e. The van der Waals surface area contributed by atoms with Crippen LogP contribution in [0.1, 0.15) is 25.3 Å². The van der Waals surface area contributed by atoms with Gasteiger partial charge in [-0.15, -0.1) is 0 Å². The van der Waals surface area contributed by atoms with E-state index in [1.54, 1.807) is 4.31 Å². The summed E-state index contributed by atoms with van der Waals surface area (Å²) in [5.41, 5.74) is 1.96. The molecule has 0 spiro atoms. The minimum absolute atomic E-state index is 0.207. The monoisotopic (exact) mass is 280 g/mol. The van der Waals surface area contributed by atoms with Crippen molar-refractivity contribution in [1.29, 1.82) is 0 Å². The van der Waals surface area contributed by atoms with Gasteiger partial charge in [0.15, 0.2) is 0 Å². The molecule has 1 atom stereocenters. The van der Waals surface area contributed by atoms with E-state index in [4.69, 9.17) is 0 Å². The van der Waals surface area contributed by atoms with E-state index in [1.165, 1.54) is 12.8 Å². The molecule has 1 heterocycles. The van der Waals surface area contributed by atoms with Gasteiger partial charge in [-0.1, -0.05) is 19.1 Å². The number of hydrogen-bond acceptors (Lipinski definition) is 3. The summed E-state index contributed by atoms with van der Waals surface area (Å²) in [6.45, 7) is 3.40. The summed E-state index contributed by atoms with van der Waals surface area (Å²) in [5.74, 6) is 0.468. The second-order valence-electron chi connectivity index (χ2n) is 5.74. The van der Waals surface area contributed by atoms with Crippen molar-refractivity contribution >= 4 is 15.7 Å². The van der Waals surface area contributed by atoms with Crippen LogP contribution >= 0.6 is 0 Å². The van der Waals surface area contributed by atoms with Gasteiger partial charge in [0.05, 0.1) is 11.4 Å². The largest absolute Gasteiger partial charge is 0.310 e. The molecule has 1 aromatic rings. The molecule has 104 valence electrons. The van der Waals surface area contributed by atoms with Crippen molar-refractivity contribution in [3.8, 4) is 0 Å². The van der Waals surface area contributed by atoms with Crippen LogP contribution in [0.2, 0.25) is 0 Å². The second-order valence-corrected chi connectivity index (χ2v) is 7.68. The molecule has 19 heavy (non-hydrogen) atoms. The van der Waals surface area contributed by atoms with Crippen LogP contribution in [-0.4, -0.2) is 26.8 Å². The van der Waals surface area contributed by atoms with Gasteiger partial charge in [-0.25, -0.2) is 8.42 Å². The zero-order valence-corrected chi connectivity index (χ0v) is 12.0. The maximum absolute atomic E-state index is 12.1. The Morgan fingerprint density at radius 1 is 1.37 bits per heavy atom. The number of anilines is 1. The Balaban J connectivity index is 1.78. The molecule has 0 amide bonds. The van der Waals surface area contributed by atoms with Gasteiger partial charge in [0.1, 0.15) is 0 Å². The van der Waals surface area contributed by atoms with Gasteiger partial charge in [0.2, 0.25) is 10.0 Å². The molecule has 1 aliphatic heterocycles. The van der Waals surface area contributed by atoms with Gasteiger partial charge in [-0.3, -0.25) is 4.31 Å². The third-order valence-corrected chi connectivity index (χ3v) is 5.70. The molecule has 1 saturated heterocycles. The highest BCUT2D eigenvalue weighted by Crippen LogP contribution is 2.27. The lowest BCUT2D eigenvalue weighted by Gasteiger charge is -2.18. The van der Waals surface area contributed by atoms with Crippen molar-refractivity contribution in [3.05, 3.63) is 29.8 Å². The van der Waals surface area contributed by atoms with Crippen LogP contribution < -0.4 is 9.62 Å². The number of rotatable bonds is 4.